The molecule has 0 aliphatic carbocycles. The lowest BCUT2D eigenvalue weighted by Gasteiger charge is -2.35. The number of rotatable bonds is 9. The zero-order valence-electron chi connectivity index (χ0n) is 18.3. The lowest BCUT2D eigenvalue weighted by Crippen LogP contribution is -2.50. The highest BCUT2D eigenvalue weighted by molar-refractivity contribution is 7.89. The Bertz CT molecular complexity index is 1150. The Morgan fingerprint density at radius 2 is 1.91 bits per heavy atom. The molecule has 1 aromatic heterocycles. The molecule has 0 atom stereocenters. The first-order valence-corrected chi connectivity index (χ1v) is 11.7. The van der Waals surface area contributed by atoms with Gasteiger partial charge in [-0.2, -0.15) is 4.72 Å². The van der Waals surface area contributed by atoms with Crippen molar-refractivity contribution in [1.29, 1.82) is 0 Å². The molecule has 0 radical (unpaired) electrons. The van der Waals surface area contributed by atoms with Crippen LogP contribution in [0, 0.1) is 10.1 Å². The van der Waals surface area contributed by atoms with E-state index in [2.05, 4.69) is 10.3 Å². The fourth-order valence-corrected chi connectivity index (χ4v) is 4.28. The van der Waals surface area contributed by atoms with Gasteiger partial charge in [-0.1, -0.05) is 6.07 Å². The minimum absolute atomic E-state index is 0.141. The van der Waals surface area contributed by atoms with Crippen molar-refractivity contribution in [2.24, 2.45) is 0 Å². The van der Waals surface area contributed by atoms with Crippen molar-refractivity contribution in [3.05, 3.63) is 52.7 Å². The molecule has 1 aromatic carbocycles. The van der Waals surface area contributed by atoms with Gasteiger partial charge in [0.05, 0.1) is 9.82 Å². The average Bonchev–Trinajstić information content (AvgIpc) is 2.86. The first-order chi connectivity index (χ1) is 16.2. The minimum atomic E-state index is -4.22. The van der Waals surface area contributed by atoms with Crippen LogP contribution in [-0.4, -0.2) is 81.5 Å². The molecule has 1 amide bonds. The highest BCUT2D eigenvalue weighted by atomic mass is 32.2. The van der Waals surface area contributed by atoms with Crippen LogP contribution in [0.4, 0.5) is 17.2 Å². The van der Waals surface area contributed by atoms with E-state index in [-0.39, 0.29) is 10.6 Å². The van der Waals surface area contributed by atoms with Gasteiger partial charge in [0.15, 0.2) is 6.61 Å². The monoisotopic (exact) mass is 492 g/mol. The predicted octanol–water partition coefficient (Wildman–Crippen LogP) is 0.202. The molecule has 182 valence electrons. The summed E-state index contributed by atoms with van der Waals surface area (Å²) in [4.78, 5) is 42.2. The van der Waals surface area contributed by atoms with Gasteiger partial charge in [-0.05, 0) is 24.3 Å². The lowest BCUT2D eigenvalue weighted by atomic mass is 10.3. The number of carbonyl (C=O) groups excluding carboxylic acids is 2. The van der Waals surface area contributed by atoms with Gasteiger partial charge in [0.25, 0.3) is 11.6 Å². The van der Waals surface area contributed by atoms with E-state index in [9.17, 15) is 28.1 Å². The van der Waals surface area contributed by atoms with Crippen LogP contribution in [0.3, 0.4) is 0 Å². The highest BCUT2D eigenvalue weighted by Crippen LogP contribution is 2.27. The van der Waals surface area contributed by atoms with E-state index < -0.39 is 45.7 Å². The molecule has 1 saturated heterocycles. The summed E-state index contributed by atoms with van der Waals surface area (Å²) in [5, 5.41) is 13.7. The van der Waals surface area contributed by atoms with Gasteiger partial charge in [-0.3, -0.25) is 19.7 Å². The van der Waals surface area contributed by atoms with Crippen LogP contribution in [0.2, 0.25) is 0 Å². The van der Waals surface area contributed by atoms with E-state index in [4.69, 9.17) is 4.74 Å². The second-order valence-electron chi connectivity index (χ2n) is 7.23. The van der Waals surface area contributed by atoms with Crippen molar-refractivity contribution in [3.63, 3.8) is 0 Å². The van der Waals surface area contributed by atoms with Crippen LogP contribution >= 0.6 is 0 Å². The Morgan fingerprint density at radius 1 is 1.18 bits per heavy atom. The SMILES string of the molecule is CNc1ccc(S(=O)(=O)NCC(=O)OCC(=O)N2CCN(c3ccccn3)CC2)cc1[N+](=O)[O-]. The number of hydrogen-bond acceptors (Lipinski definition) is 10. The average molecular weight is 493 g/mol. The van der Waals surface area contributed by atoms with Crippen molar-refractivity contribution >= 4 is 39.1 Å². The smallest absolute Gasteiger partial charge is 0.321 e. The van der Waals surface area contributed by atoms with E-state index in [1.165, 1.54) is 19.2 Å². The third kappa shape index (κ3) is 6.17. The second kappa shape index (κ2) is 10.9. The number of hydrogen-bond donors (Lipinski definition) is 2. The molecule has 0 bridgehead atoms. The number of nitro groups is 1. The summed E-state index contributed by atoms with van der Waals surface area (Å²) in [5.41, 5.74) is -0.288. The van der Waals surface area contributed by atoms with Crippen LogP contribution < -0.4 is 14.9 Å². The third-order valence-electron chi connectivity index (χ3n) is 5.11. The number of pyridine rings is 1. The zero-order valence-corrected chi connectivity index (χ0v) is 19.2. The summed E-state index contributed by atoms with van der Waals surface area (Å²) in [6.45, 7) is 0.767. The molecule has 1 aliphatic rings. The molecule has 3 rings (SSSR count). The summed E-state index contributed by atoms with van der Waals surface area (Å²) >= 11 is 0. The van der Waals surface area contributed by atoms with Crippen molar-refractivity contribution in [1.82, 2.24) is 14.6 Å². The van der Waals surface area contributed by atoms with Crippen LogP contribution in [-0.2, 0) is 24.3 Å². The van der Waals surface area contributed by atoms with Gasteiger partial charge in [0.1, 0.15) is 18.1 Å². The molecule has 1 fully saturated rings. The van der Waals surface area contributed by atoms with Gasteiger partial charge in [-0.25, -0.2) is 13.4 Å². The maximum atomic E-state index is 12.4. The summed E-state index contributed by atoms with van der Waals surface area (Å²) in [5.74, 6) is -0.528. The molecule has 0 spiro atoms. The molecular formula is C20H24N6O7S. The largest absolute Gasteiger partial charge is 0.455 e. The number of nitrogens with zero attached hydrogens (tertiary/aromatic N) is 4. The molecule has 14 heteroatoms. The Morgan fingerprint density at radius 3 is 2.53 bits per heavy atom. The van der Waals surface area contributed by atoms with Crippen LogP contribution in [0.1, 0.15) is 0 Å². The van der Waals surface area contributed by atoms with Gasteiger partial charge < -0.3 is 19.9 Å². The second-order valence-corrected chi connectivity index (χ2v) is 8.99. The normalized spacial score (nSPS) is 13.9. The fraction of sp³-hybridized carbons (Fsp3) is 0.350. The summed E-state index contributed by atoms with van der Waals surface area (Å²) in [7, 11) is -2.75. The summed E-state index contributed by atoms with van der Waals surface area (Å²) < 4.78 is 31.7. The van der Waals surface area contributed by atoms with Crippen molar-refractivity contribution in [3.8, 4) is 0 Å². The van der Waals surface area contributed by atoms with E-state index in [0.717, 1.165) is 11.9 Å². The number of anilines is 2. The minimum Gasteiger partial charge on any atom is -0.455 e. The standard InChI is InChI=1S/C20H24N6O7S/c1-21-16-6-5-15(12-17(16)26(29)30)34(31,32)23-13-20(28)33-14-19(27)25-10-8-24(9-11-25)18-4-2-3-7-22-18/h2-7,12,21,23H,8-11,13-14H2,1H3. The highest BCUT2D eigenvalue weighted by Gasteiger charge is 2.24. The molecule has 0 saturated carbocycles. The number of amides is 1. The number of esters is 1. The van der Waals surface area contributed by atoms with Gasteiger partial charge >= 0.3 is 5.97 Å². The molecule has 2 N–H and O–H groups in total. The topological polar surface area (TPSA) is 164 Å². The van der Waals surface area contributed by atoms with Crippen molar-refractivity contribution in [2.45, 2.75) is 4.90 Å². The van der Waals surface area contributed by atoms with Gasteiger partial charge in [-0.15, -0.1) is 0 Å². The number of aromatic nitrogens is 1. The van der Waals surface area contributed by atoms with Crippen molar-refractivity contribution in [2.75, 3.05) is 56.6 Å². The third-order valence-corrected chi connectivity index (χ3v) is 6.51. The molecule has 2 heterocycles. The predicted molar refractivity (Wildman–Crippen MR) is 122 cm³/mol. The number of benzene rings is 1. The fourth-order valence-electron chi connectivity index (χ4n) is 3.29. The van der Waals surface area contributed by atoms with E-state index in [1.807, 2.05) is 27.8 Å². The van der Waals surface area contributed by atoms with E-state index in [1.54, 1.807) is 11.1 Å². The quantitative estimate of drug-likeness (QED) is 0.281. The Labute approximate surface area is 195 Å². The first kappa shape index (κ1) is 24.9. The maximum Gasteiger partial charge on any atom is 0.321 e. The molecule has 13 nitrogen and oxygen atoms in total. The number of ether oxygens (including phenoxy) is 1. The summed E-state index contributed by atoms with van der Waals surface area (Å²) in [6, 6.07) is 8.88. The molecule has 1 aliphatic heterocycles. The number of sulfonamides is 1. The Kier molecular flexibility index (Phi) is 7.96. The first-order valence-electron chi connectivity index (χ1n) is 10.3. The molecule has 2 aromatic rings. The molecule has 0 unspecified atom stereocenters. The molecular weight excluding hydrogens is 468 g/mol. The van der Waals surface area contributed by atoms with Crippen LogP contribution in [0.25, 0.3) is 0 Å². The van der Waals surface area contributed by atoms with Gasteiger partial charge in [0.2, 0.25) is 10.0 Å². The number of nitrogens with one attached hydrogen (secondary N) is 2. The number of piperazine rings is 1. The lowest BCUT2D eigenvalue weighted by molar-refractivity contribution is -0.384. The number of carbonyl (C=O) groups is 2. The van der Waals surface area contributed by atoms with E-state index >= 15 is 0 Å². The van der Waals surface area contributed by atoms with Crippen molar-refractivity contribution < 1.29 is 27.7 Å². The van der Waals surface area contributed by atoms with Crippen LogP contribution in [0.15, 0.2) is 47.5 Å². The number of nitro benzene ring substituents is 1. The Hall–Kier alpha value is -3.78. The Balaban J connectivity index is 1.46. The van der Waals surface area contributed by atoms with Crippen LogP contribution in [0.5, 0.6) is 0 Å². The van der Waals surface area contributed by atoms with Gasteiger partial charge in [0, 0.05) is 45.5 Å². The maximum absolute atomic E-state index is 12.4. The molecule has 34 heavy (non-hydrogen) atoms. The zero-order chi connectivity index (χ0) is 24.7. The van der Waals surface area contributed by atoms with E-state index in [0.29, 0.717) is 26.2 Å². The summed E-state index contributed by atoms with van der Waals surface area (Å²) in [6.07, 6.45) is 1.69.